The van der Waals surface area contributed by atoms with Gasteiger partial charge in [0.25, 0.3) is 15.9 Å². The maximum absolute atomic E-state index is 13.3. The minimum Gasteiger partial charge on any atom is -0.495 e. The number of sulfonamides is 1. The van der Waals surface area contributed by atoms with Crippen molar-refractivity contribution in [2.75, 3.05) is 25.2 Å². The Morgan fingerprint density at radius 1 is 1.03 bits per heavy atom. The molecule has 34 heavy (non-hydrogen) atoms. The molecule has 1 aliphatic heterocycles. The van der Waals surface area contributed by atoms with Gasteiger partial charge in [-0.2, -0.15) is 0 Å². The summed E-state index contributed by atoms with van der Waals surface area (Å²) in [4.78, 5) is 14.8. The number of methoxy groups -OCH3 is 1. The van der Waals surface area contributed by atoms with Gasteiger partial charge in [0, 0.05) is 24.3 Å². The van der Waals surface area contributed by atoms with Crippen LogP contribution >= 0.6 is 0 Å². The third kappa shape index (κ3) is 4.94. The molecule has 8 nitrogen and oxygen atoms in total. The number of rotatable bonds is 8. The lowest BCUT2D eigenvalue weighted by molar-refractivity contribution is 0.0752. The van der Waals surface area contributed by atoms with E-state index in [0.717, 1.165) is 11.1 Å². The van der Waals surface area contributed by atoms with Crippen LogP contribution in [0.1, 0.15) is 28.4 Å². The summed E-state index contributed by atoms with van der Waals surface area (Å²) in [5.41, 5.74) is 2.55. The number of hydrogen-bond donors (Lipinski definition) is 1. The van der Waals surface area contributed by atoms with E-state index >= 15 is 0 Å². The molecule has 0 saturated heterocycles. The van der Waals surface area contributed by atoms with Crippen molar-refractivity contribution in [3.8, 4) is 17.2 Å². The summed E-state index contributed by atoms with van der Waals surface area (Å²) in [6.45, 7) is 4.73. The van der Waals surface area contributed by atoms with Gasteiger partial charge in [-0.05, 0) is 61.9 Å². The average molecular weight is 483 g/mol. The number of amides is 1. The van der Waals surface area contributed by atoms with E-state index < -0.39 is 10.0 Å². The largest absolute Gasteiger partial charge is 0.495 e. The van der Waals surface area contributed by atoms with Crippen LogP contribution in [0.15, 0.2) is 65.6 Å². The van der Waals surface area contributed by atoms with Crippen LogP contribution in [0.5, 0.6) is 17.2 Å². The number of nitrogens with zero attached hydrogens (tertiary/aromatic N) is 1. The van der Waals surface area contributed by atoms with E-state index in [9.17, 15) is 13.2 Å². The Bertz CT molecular complexity index is 1310. The molecule has 0 fully saturated rings. The number of carbonyl (C=O) groups excluding carboxylic acids is 1. The Morgan fingerprint density at radius 3 is 2.47 bits per heavy atom. The van der Waals surface area contributed by atoms with Crippen LogP contribution < -0.4 is 18.9 Å². The van der Waals surface area contributed by atoms with Crippen LogP contribution in [0.25, 0.3) is 0 Å². The first-order chi connectivity index (χ1) is 16.3. The van der Waals surface area contributed by atoms with Crippen LogP contribution in [0.2, 0.25) is 0 Å². The fraction of sp³-hybridized carbons (Fsp3) is 0.240. The smallest absolute Gasteiger partial charge is 0.265 e. The third-order valence-electron chi connectivity index (χ3n) is 5.48. The molecule has 1 aliphatic rings. The lowest BCUT2D eigenvalue weighted by Crippen LogP contribution is -2.30. The highest BCUT2D eigenvalue weighted by molar-refractivity contribution is 7.92. The molecule has 1 heterocycles. The SMILES string of the molecule is CCN(Cc1ccc2c(c1)OCO2)C(=O)c1ccc(OC)c(S(=O)(=O)Nc2ccc(C)cc2)c1. The normalized spacial score (nSPS) is 12.3. The molecule has 0 unspecified atom stereocenters. The van der Waals surface area contributed by atoms with Crippen LogP contribution in [-0.4, -0.2) is 39.7 Å². The maximum atomic E-state index is 13.3. The van der Waals surface area contributed by atoms with Crippen molar-refractivity contribution in [3.63, 3.8) is 0 Å². The topological polar surface area (TPSA) is 94.2 Å². The first-order valence-corrected chi connectivity index (χ1v) is 12.2. The van der Waals surface area contributed by atoms with E-state index in [1.807, 2.05) is 44.2 Å². The zero-order valence-corrected chi connectivity index (χ0v) is 20.0. The monoisotopic (exact) mass is 482 g/mol. The summed E-state index contributed by atoms with van der Waals surface area (Å²) in [6.07, 6.45) is 0. The van der Waals surface area contributed by atoms with Crippen LogP contribution in [0, 0.1) is 6.92 Å². The predicted octanol–water partition coefficient (Wildman–Crippen LogP) is 4.20. The summed E-state index contributed by atoms with van der Waals surface area (Å²) >= 11 is 0. The van der Waals surface area contributed by atoms with Crippen molar-refractivity contribution in [1.82, 2.24) is 4.90 Å². The molecule has 0 aromatic heterocycles. The van der Waals surface area contributed by atoms with E-state index in [-0.39, 0.29) is 28.9 Å². The first-order valence-electron chi connectivity index (χ1n) is 10.8. The van der Waals surface area contributed by atoms with Gasteiger partial charge in [-0.3, -0.25) is 9.52 Å². The molecule has 0 saturated carbocycles. The molecule has 4 rings (SSSR count). The second kappa shape index (κ2) is 9.64. The Hall–Kier alpha value is -3.72. The summed E-state index contributed by atoms with van der Waals surface area (Å²) in [5, 5.41) is 0. The number of aryl methyl sites for hydroxylation is 1. The van der Waals surface area contributed by atoms with Gasteiger partial charge in [0.2, 0.25) is 6.79 Å². The van der Waals surface area contributed by atoms with Gasteiger partial charge in [0.1, 0.15) is 10.6 Å². The summed E-state index contributed by atoms with van der Waals surface area (Å²) in [6, 6.07) is 16.9. The van der Waals surface area contributed by atoms with E-state index in [0.29, 0.717) is 30.3 Å². The standard InChI is InChI=1S/C25H26N2O6S/c1-4-27(15-18-7-11-21-23(13-18)33-16-32-21)25(28)19-8-12-22(31-3)24(14-19)34(29,30)26-20-9-5-17(2)6-10-20/h5-14,26H,4,15-16H2,1-3H3. The van der Waals surface area contributed by atoms with Crippen LogP contribution in [0.4, 0.5) is 5.69 Å². The van der Waals surface area contributed by atoms with E-state index in [1.54, 1.807) is 23.1 Å². The zero-order chi connectivity index (χ0) is 24.3. The quantitative estimate of drug-likeness (QED) is 0.517. The minimum absolute atomic E-state index is 0.111. The van der Waals surface area contributed by atoms with Crippen molar-refractivity contribution >= 4 is 21.6 Å². The molecule has 0 bridgehead atoms. The summed E-state index contributed by atoms with van der Waals surface area (Å²) < 4.78 is 44.9. The van der Waals surface area contributed by atoms with Crippen molar-refractivity contribution in [1.29, 1.82) is 0 Å². The van der Waals surface area contributed by atoms with Gasteiger partial charge in [-0.1, -0.05) is 23.8 Å². The minimum atomic E-state index is -4.00. The number of hydrogen-bond acceptors (Lipinski definition) is 6. The molecule has 0 radical (unpaired) electrons. The van der Waals surface area contributed by atoms with E-state index in [4.69, 9.17) is 14.2 Å². The van der Waals surface area contributed by atoms with Gasteiger partial charge < -0.3 is 19.1 Å². The Labute approximate surface area is 199 Å². The molecule has 0 aliphatic carbocycles. The van der Waals surface area contributed by atoms with E-state index in [1.165, 1.54) is 19.2 Å². The van der Waals surface area contributed by atoms with Gasteiger partial charge in [0.05, 0.1) is 7.11 Å². The fourth-order valence-electron chi connectivity index (χ4n) is 3.62. The van der Waals surface area contributed by atoms with Crippen LogP contribution in [0.3, 0.4) is 0 Å². The van der Waals surface area contributed by atoms with Gasteiger partial charge in [-0.15, -0.1) is 0 Å². The Balaban J connectivity index is 1.60. The Kier molecular flexibility index (Phi) is 6.65. The summed E-state index contributed by atoms with van der Waals surface area (Å²) in [5.74, 6) is 1.16. The highest BCUT2D eigenvalue weighted by Gasteiger charge is 2.24. The molecular weight excluding hydrogens is 456 g/mol. The predicted molar refractivity (Wildman–Crippen MR) is 128 cm³/mol. The summed E-state index contributed by atoms with van der Waals surface area (Å²) in [7, 11) is -2.61. The van der Waals surface area contributed by atoms with Gasteiger partial charge >= 0.3 is 0 Å². The Morgan fingerprint density at radius 2 is 1.76 bits per heavy atom. The molecule has 0 atom stereocenters. The zero-order valence-electron chi connectivity index (χ0n) is 19.2. The number of carbonyl (C=O) groups is 1. The molecule has 1 amide bonds. The maximum Gasteiger partial charge on any atom is 0.265 e. The molecule has 0 spiro atoms. The average Bonchev–Trinajstić information content (AvgIpc) is 3.31. The molecule has 1 N–H and O–H groups in total. The van der Waals surface area contributed by atoms with Gasteiger partial charge in [0.15, 0.2) is 11.5 Å². The molecular formula is C25H26N2O6S. The van der Waals surface area contributed by atoms with Crippen molar-refractivity contribution in [2.24, 2.45) is 0 Å². The van der Waals surface area contributed by atoms with Crippen molar-refractivity contribution < 1.29 is 27.4 Å². The van der Waals surface area contributed by atoms with Crippen molar-refractivity contribution in [3.05, 3.63) is 77.4 Å². The molecule has 178 valence electrons. The van der Waals surface area contributed by atoms with Gasteiger partial charge in [-0.25, -0.2) is 8.42 Å². The number of ether oxygens (including phenoxy) is 3. The molecule has 3 aromatic rings. The highest BCUT2D eigenvalue weighted by Crippen LogP contribution is 2.33. The van der Waals surface area contributed by atoms with E-state index in [2.05, 4.69) is 4.72 Å². The number of anilines is 1. The molecule has 9 heteroatoms. The molecule has 3 aromatic carbocycles. The second-order valence-corrected chi connectivity index (χ2v) is 9.49. The second-order valence-electron chi connectivity index (χ2n) is 7.84. The lowest BCUT2D eigenvalue weighted by atomic mass is 10.1. The van der Waals surface area contributed by atoms with Crippen LogP contribution in [-0.2, 0) is 16.6 Å². The van der Waals surface area contributed by atoms with Crippen molar-refractivity contribution in [2.45, 2.75) is 25.3 Å². The number of benzene rings is 3. The number of fused-ring (bicyclic) bond motifs is 1. The lowest BCUT2D eigenvalue weighted by Gasteiger charge is -2.22. The third-order valence-corrected chi connectivity index (χ3v) is 6.89. The first kappa shape index (κ1) is 23.4. The fourth-order valence-corrected chi connectivity index (χ4v) is 4.88. The number of nitrogens with one attached hydrogen (secondary N) is 1. The highest BCUT2D eigenvalue weighted by atomic mass is 32.2.